The van der Waals surface area contributed by atoms with Gasteiger partial charge in [0.05, 0.1) is 37.9 Å². The minimum Gasteiger partial charge on any atom is -0.497 e. The number of nitrogens with zero attached hydrogens (tertiary/aromatic N) is 4. The average molecular weight is 657 g/mol. The van der Waals surface area contributed by atoms with E-state index in [-0.39, 0.29) is 29.6 Å². The van der Waals surface area contributed by atoms with E-state index >= 15 is 0 Å². The largest absolute Gasteiger partial charge is 0.497 e. The Morgan fingerprint density at radius 2 is 1.79 bits per heavy atom. The molecule has 1 saturated carbocycles. The Morgan fingerprint density at radius 3 is 2.40 bits per heavy atom. The zero-order chi connectivity index (χ0) is 33.6. The van der Waals surface area contributed by atoms with Gasteiger partial charge in [0.15, 0.2) is 6.10 Å². The van der Waals surface area contributed by atoms with Crippen molar-refractivity contribution in [1.82, 2.24) is 9.97 Å². The van der Waals surface area contributed by atoms with Crippen molar-refractivity contribution in [3.63, 3.8) is 0 Å². The summed E-state index contributed by atoms with van der Waals surface area (Å²) in [6.45, 7) is 0.798. The van der Waals surface area contributed by atoms with Crippen LogP contribution in [0.1, 0.15) is 53.9 Å². The summed E-state index contributed by atoms with van der Waals surface area (Å²) in [7, 11) is 2.47. The number of hydrogen-bond acceptors (Lipinski definition) is 8. The molecule has 10 nitrogen and oxygen atoms in total. The molecule has 3 aromatic rings. The number of methoxy groups -OCH3 is 2. The van der Waals surface area contributed by atoms with E-state index in [1.165, 1.54) is 19.4 Å². The second-order valence-electron chi connectivity index (χ2n) is 12.0. The molecule has 252 valence electrons. The third-order valence-corrected chi connectivity index (χ3v) is 8.80. The molecule has 0 radical (unpaired) electrons. The van der Waals surface area contributed by atoms with Crippen LogP contribution in [0.4, 0.5) is 24.7 Å². The van der Waals surface area contributed by atoms with E-state index in [1.54, 1.807) is 36.5 Å². The van der Waals surface area contributed by atoms with Crippen LogP contribution >= 0.6 is 0 Å². The van der Waals surface area contributed by atoms with Crippen LogP contribution < -0.4 is 19.3 Å². The van der Waals surface area contributed by atoms with Gasteiger partial charge in [-0.25, -0.2) is 9.97 Å². The molecule has 1 aliphatic carbocycles. The summed E-state index contributed by atoms with van der Waals surface area (Å²) in [5, 5.41) is 9.37. The molecule has 2 aromatic heterocycles. The van der Waals surface area contributed by atoms with Crippen molar-refractivity contribution < 1.29 is 42.1 Å². The van der Waals surface area contributed by atoms with E-state index in [0.717, 1.165) is 43.3 Å². The van der Waals surface area contributed by atoms with Crippen molar-refractivity contribution in [3.05, 3.63) is 72.1 Å². The molecule has 2 aliphatic rings. The first-order valence-corrected chi connectivity index (χ1v) is 15.6. The Balaban J connectivity index is 1.29. The summed E-state index contributed by atoms with van der Waals surface area (Å²) in [4.78, 5) is 37.0. The minimum absolute atomic E-state index is 0.0525. The number of aliphatic carboxylic acids is 1. The fourth-order valence-corrected chi connectivity index (χ4v) is 6.02. The Labute approximate surface area is 271 Å². The van der Waals surface area contributed by atoms with Crippen molar-refractivity contribution in [2.75, 3.05) is 50.3 Å². The zero-order valence-corrected chi connectivity index (χ0v) is 26.4. The highest BCUT2D eigenvalue weighted by Gasteiger charge is 2.43. The Morgan fingerprint density at radius 1 is 1.02 bits per heavy atom. The maximum atomic E-state index is 14.0. The fourth-order valence-electron chi connectivity index (χ4n) is 6.02. The Bertz CT molecular complexity index is 1510. The third-order valence-electron chi connectivity index (χ3n) is 8.80. The first-order valence-electron chi connectivity index (χ1n) is 15.6. The monoisotopic (exact) mass is 656 g/mol. The van der Waals surface area contributed by atoms with Gasteiger partial charge in [0.25, 0.3) is 5.91 Å². The standard InChI is InChI=1S/C34H39F3N4O6/c1-45-25-8-9-26(33(44)41(30-5-3-4-13-38-30)20-29(46-2)34(35,36)37)28(18-25)40-15-11-22(12-16-40)21-47-31-17-24(10-14-39-31)27(19-32(42)43)23-6-7-23/h3-5,8-10,13-14,17-18,22-23,27,29H,6-7,11-12,15-16,19-21H2,1-2H3,(H,42,43). The number of benzene rings is 1. The minimum atomic E-state index is -4.69. The summed E-state index contributed by atoms with van der Waals surface area (Å²) in [5.41, 5.74) is 1.70. The normalized spacial score (nSPS) is 16.7. The van der Waals surface area contributed by atoms with Gasteiger partial charge in [-0.3, -0.25) is 14.5 Å². The van der Waals surface area contributed by atoms with Crippen molar-refractivity contribution in [2.45, 2.75) is 50.3 Å². The number of anilines is 2. The number of amides is 1. The number of carboxylic acid groups (broad SMARTS) is 1. The molecule has 1 aliphatic heterocycles. The molecule has 2 atom stereocenters. The van der Waals surface area contributed by atoms with E-state index in [0.29, 0.717) is 42.9 Å². The SMILES string of the molecule is COc1ccc(C(=O)N(CC(OC)C(F)(F)F)c2ccccn2)c(N2CCC(COc3cc(C(CC(=O)O)C4CC4)ccn3)CC2)c1. The van der Waals surface area contributed by atoms with Crippen LogP contribution in [0.25, 0.3) is 0 Å². The third kappa shape index (κ3) is 8.70. The van der Waals surface area contributed by atoms with E-state index < -0.39 is 30.7 Å². The summed E-state index contributed by atoms with van der Waals surface area (Å²) in [6, 6.07) is 13.3. The van der Waals surface area contributed by atoms with Crippen molar-refractivity contribution in [3.8, 4) is 11.6 Å². The summed E-state index contributed by atoms with van der Waals surface area (Å²) >= 11 is 0. The molecule has 2 unspecified atom stereocenters. The summed E-state index contributed by atoms with van der Waals surface area (Å²) in [6.07, 6.45) is -0.229. The van der Waals surface area contributed by atoms with Crippen LogP contribution in [0.2, 0.25) is 0 Å². The number of rotatable bonds is 14. The maximum Gasteiger partial charge on any atom is 0.416 e. The number of carboxylic acids is 1. The quantitative estimate of drug-likeness (QED) is 0.224. The second kappa shape index (κ2) is 15.0. The summed E-state index contributed by atoms with van der Waals surface area (Å²) < 4.78 is 57.4. The first kappa shape index (κ1) is 34.0. The van der Waals surface area contributed by atoms with Gasteiger partial charge in [0.2, 0.25) is 5.88 Å². The van der Waals surface area contributed by atoms with Gasteiger partial charge < -0.3 is 24.2 Å². The predicted octanol–water partition coefficient (Wildman–Crippen LogP) is 5.97. The van der Waals surface area contributed by atoms with Crippen molar-refractivity contribution >= 4 is 23.4 Å². The van der Waals surface area contributed by atoms with E-state index in [2.05, 4.69) is 9.97 Å². The Kier molecular flexibility index (Phi) is 10.8. The van der Waals surface area contributed by atoms with E-state index in [9.17, 15) is 27.9 Å². The van der Waals surface area contributed by atoms with Gasteiger partial charge in [-0.05, 0) is 79.3 Å². The van der Waals surface area contributed by atoms with Gasteiger partial charge >= 0.3 is 12.1 Å². The predicted molar refractivity (Wildman–Crippen MR) is 168 cm³/mol. The number of pyridine rings is 2. The van der Waals surface area contributed by atoms with Crippen LogP contribution in [0.3, 0.4) is 0 Å². The lowest BCUT2D eigenvalue weighted by atomic mass is 9.92. The van der Waals surface area contributed by atoms with E-state index in [4.69, 9.17) is 14.2 Å². The van der Waals surface area contributed by atoms with Crippen LogP contribution in [-0.4, -0.2) is 79.7 Å². The van der Waals surface area contributed by atoms with Gasteiger partial charge in [-0.2, -0.15) is 13.2 Å². The maximum absolute atomic E-state index is 14.0. The smallest absolute Gasteiger partial charge is 0.416 e. The molecular formula is C34H39F3N4O6. The molecule has 2 fully saturated rings. The zero-order valence-electron chi connectivity index (χ0n) is 26.4. The highest BCUT2D eigenvalue weighted by molar-refractivity contribution is 6.09. The molecule has 0 spiro atoms. The molecule has 47 heavy (non-hydrogen) atoms. The topological polar surface area (TPSA) is 114 Å². The van der Waals surface area contributed by atoms with Gasteiger partial charge in [0.1, 0.15) is 11.6 Å². The van der Waals surface area contributed by atoms with Crippen LogP contribution in [0.15, 0.2) is 60.9 Å². The van der Waals surface area contributed by atoms with Gasteiger partial charge in [-0.15, -0.1) is 0 Å². The lowest BCUT2D eigenvalue weighted by Gasteiger charge is -2.35. The van der Waals surface area contributed by atoms with E-state index in [1.807, 2.05) is 17.0 Å². The highest BCUT2D eigenvalue weighted by Crippen LogP contribution is 2.45. The lowest BCUT2D eigenvalue weighted by Crippen LogP contribution is -2.46. The first-order chi connectivity index (χ1) is 22.6. The van der Waals surface area contributed by atoms with Gasteiger partial charge in [0, 0.05) is 44.7 Å². The number of carbonyl (C=O) groups excluding carboxylic acids is 1. The van der Waals surface area contributed by atoms with Crippen molar-refractivity contribution in [1.29, 1.82) is 0 Å². The number of aromatic nitrogens is 2. The number of alkyl halides is 3. The van der Waals surface area contributed by atoms with Crippen LogP contribution in [0.5, 0.6) is 11.6 Å². The number of ether oxygens (including phenoxy) is 3. The highest BCUT2D eigenvalue weighted by atomic mass is 19.4. The molecule has 3 heterocycles. The van der Waals surface area contributed by atoms with Crippen LogP contribution in [0, 0.1) is 11.8 Å². The van der Waals surface area contributed by atoms with Gasteiger partial charge in [-0.1, -0.05) is 6.07 Å². The molecule has 1 saturated heterocycles. The second-order valence-corrected chi connectivity index (χ2v) is 12.0. The van der Waals surface area contributed by atoms with Crippen molar-refractivity contribution in [2.24, 2.45) is 11.8 Å². The number of halogens is 3. The van der Waals surface area contributed by atoms with Crippen LogP contribution in [-0.2, 0) is 9.53 Å². The summed E-state index contributed by atoms with van der Waals surface area (Å²) in [5.74, 6) is 0.100. The molecule has 1 aromatic carbocycles. The lowest BCUT2D eigenvalue weighted by molar-refractivity contribution is -0.208. The Hall–Kier alpha value is -4.39. The number of hydrogen-bond donors (Lipinski definition) is 1. The number of carbonyl (C=O) groups is 2. The molecule has 1 amide bonds. The molecule has 1 N–H and O–H groups in total. The fraction of sp³-hybridized carbons (Fsp3) is 0.471. The molecule has 0 bridgehead atoms. The molecule has 5 rings (SSSR count). The number of piperidine rings is 1. The average Bonchev–Trinajstić information content (AvgIpc) is 3.92. The molecule has 13 heteroatoms. The molecular weight excluding hydrogens is 617 g/mol.